The topological polar surface area (TPSA) is 102 Å². The lowest BCUT2D eigenvalue weighted by Gasteiger charge is -2.10. The fraction of sp³-hybridized carbons (Fsp3) is 0.278. The Kier molecular flexibility index (Phi) is 6.45. The van der Waals surface area contributed by atoms with E-state index in [9.17, 15) is 20.1 Å². The highest BCUT2D eigenvalue weighted by atomic mass is 16.3. The van der Waals surface area contributed by atoms with Crippen LogP contribution < -0.4 is 10.9 Å². The van der Waals surface area contributed by atoms with E-state index in [1.54, 1.807) is 0 Å². The zero-order valence-corrected chi connectivity index (χ0v) is 13.3. The van der Waals surface area contributed by atoms with E-state index in [-0.39, 0.29) is 12.5 Å². The van der Waals surface area contributed by atoms with Gasteiger partial charge in [0.2, 0.25) is 11.7 Å². The third-order valence-corrected chi connectivity index (χ3v) is 3.68. The third-order valence-electron chi connectivity index (χ3n) is 3.68. The van der Waals surface area contributed by atoms with Crippen molar-refractivity contribution in [3.05, 3.63) is 53.6 Å². The quantitative estimate of drug-likeness (QED) is 0.290. The van der Waals surface area contributed by atoms with Crippen molar-refractivity contribution < 1.29 is 20.1 Å². The minimum absolute atomic E-state index is 0.134. The average molecular weight is 330 g/mol. The van der Waals surface area contributed by atoms with Crippen LogP contribution in [-0.2, 0) is 17.8 Å². The normalized spacial score (nSPS) is 10.5. The molecule has 6 heteroatoms. The number of phenolic OH excluding ortho intramolecular Hbond substituents is 3. The fourth-order valence-electron chi connectivity index (χ4n) is 2.31. The molecule has 0 saturated heterocycles. The highest BCUT2D eigenvalue weighted by molar-refractivity contribution is 5.75. The maximum absolute atomic E-state index is 11.7. The van der Waals surface area contributed by atoms with E-state index >= 15 is 0 Å². The summed E-state index contributed by atoms with van der Waals surface area (Å²) in [6.45, 7) is 0.134. The van der Waals surface area contributed by atoms with Crippen LogP contribution >= 0.6 is 0 Å². The van der Waals surface area contributed by atoms with Crippen molar-refractivity contribution in [1.82, 2.24) is 10.9 Å². The van der Waals surface area contributed by atoms with Gasteiger partial charge in [-0.3, -0.25) is 10.2 Å². The molecule has 0 radical (unpaired) electrons. The lowest BCUT2D eigenvalue weighted by Crippen LogP contribution is -2.36. The summed E-state index contributed by atoms with van der Waals surface area (Å²) in [5.41, 5.74) is 6.87. The number of hydrazine groups is 1. The largest absolute Gasteiger partial charge is 0.504 e. The molecule has 0 heterocycles. The fourth-order valence-corrected chi connectivity index (χ4v) is 2.31. The molecule has 0 saturated carbocycles. The Bertz CT molecular complexity index is 674. The number of aryl methyl sites for hydroxylation is 1. The smallest absolute Gasteiger partial charge is 0.234 e. The van der Waals surface area contributed by atoms with Crippen molar-refractivity contribution in [3.8, 4) is 17.2 Å². The maximum atomic E-state index is 11.7. The highest BCUT2D eigenvalue weighted by Crippen LogP contribution is 2.36. The second-order valence-electron chi connectivity index (χ2n) is 5.54. The summed E-state index contributed by atoms with van der Waals surface area (Å²) in [4.78, 5) is 11.7. The molecule has 0 atom stereocenters. The Balaban J connectivity index is 1.64. The lowest BCUT2D eigenvalue weighted by molar-refractivity contribution is -0.122. The number of hydrogen-bond acceptors (Lipinski definition) is 5. The van der Waals surface area contributed by atoms with Gasteiger partial charge in [-0.05, 0) is 30.9 Å². The molecular weight excluding hydrogens is 308 g/mol. The second-order valence-corrected chi connectivity index (χ2v) is 5.54. The van der Waals surface area contributed by atoms with E-state index < -0.39 is 17.2 Å². The molecule has 0 aliphatic heterocycles. The Hall–Kier alpha value is -2.73. The van der Waals surface area contributed by atoms with Crippen molar-refractivity contribution in [2.45, 2.75) is 32.2 Å². The summed E-state index contributed by atoms with van der Waals surface area (Å²) < 4.78 is 0. The van der Waals surface area contributed by atoms with Crippen LogP contribution in [0.15, 0.2) is 42.5 Å². The summed E-state index contributed by atoms with van der Waals surface area (Å²) in [5, 5.41) is 28.3. The molecular formula is C18H22N2O4. The van der Waals surface area contributed by atoms with Crippen molar-refractivity contribution >= 4 is 5.91 Å². The van der Waals surface area contributed by atoms with Gasteiger partial charge in [-0.15, -0.1) is 0 Å². The molecule has 0 spiro atoms. The van der Waals surface area contributed by atoms with E-state index in [1.807, 2.05) is 18.2 Å². The molecule has 0 aromatic heterocycles. The van der Waals surface area contributed by atoms with E-state index in [2.05, 4.69) is 23.0 Å². The van der Waals surface area contributed by atoms with Crippen LogP contribution in [0.4, 0.5) is 0 Å². The minimum atomic E-state index is -0.568. The number of amides is 1. The molecule has 0 fully saturated rings. The number of aromatic hydroxyl groups is 3. The van der Waals surface area contributed by atoms with Gasteiger partial charge in [0, 0.05) is 18.5 Å². The molecule has 0 aliphatic carbocycles. The Morgan fingerprint density at radius 3 is 2.42 bits per heavy atom. The first kappa shape index (κ1) is 17.6. The summed E-state index contributed by atoms with van der Waals surface area (Å²) in [6.07, 6.45) is 3.08. The first-order valence-corrected chi connectivity index (χ1v) is 7.86. The Morgan fingerprint density at radius 2 is 1.67 bits per heavy atom. The van der Waals surface area contributed by atoms with Gasteiger partial charge in [0.05, 0.1) is 0 Å². The molecule has 0 bridgehead atoms. The maximum Gasteiger partial charge on any atom is 0.234 e. The van der Waals surface area contributed by atoms with E-state index in [0.717, 1.165) is 19.3 Å². The molecule has 2 rings (SSSR count). The molecule has 0 aliphatic rings. The number of phenols is 3. The monoisotopic (exact) mass is 330 g/mol. The molecule has 6 nitrogen and oxygen atoms in total. The van der Waals surface area contributed by atoms with Gasteiger partial charge in [-0.2, -0.15) is 0 Å². The predicted molar refractivity (Wildman–Crippen MR) is 90.4 cm³/mol. The number of benzene rings is 2. The Labute approximate surface area is 140 Å². The number of nitrogens with one attached hydrogen (secondary N) is 2. The van der Waals surface area contributed by atoms with Crippen LogP contribution in [-0.4, -0.2) is 21.2 Å². The molecule has 0 unspecified atom stereocenters. The molecule has 24 heavy (non-hydrogen) atoms. The van der Waals surface area contributed by atoms with E-state index in [0.29, 0.717) is 12.0 Å². The van der Waals surface area contributed by atoms with Crippen LogP contribution in [0.1, 0.15) is 30.4 Å². The number of hydrogen-bond donors (Lipinski definition) is 5. The van der Waals surface area contributed by atoms with E-state index in [1.165, 1.54) is 17.7 Å². The number of carbonyl (C=O) groups excluding carboxylic acids is 1. The Morgan fingerprint density at radius 1 is 0.917 bits per heavy atom. The summed E-state index contributed by atoms with van der Waals surface area (Å²) in [6, 6.07) is 12.9. The van der Waals surface area contributed by atoms with Gasteiger partial charge >= 0.3 is 0 Å². The second kappa shape index (κ2) is 8.79. The molecule has 2 aromatic carbocycles. The van der Waals surface area contributed by atoms with Crippen LogP contribution in [0.3, 0.4) is 0 Å². The SMILES string of the molecule is O=C(CCCCc1ccccc1)NNCc1ccc(O)c(O)c1O. The lowest BCUT2D eigenvalue weighted by atomic mass is 10.1. The highest BCUT2D eigenvalue weighted by Gasteiger charge is 2.10. The molecule has 2 aromatic rings. The average Bonchev–Trinajstić information content (AvgIpc) is 2.60. The van der Waals surface area contributed by atoms with Crippen molar-refractivity contribution in [3.63, 3.8) is 0 Å². The van der Waals surface area contributed by atoms with E-state index in [4.69, 9.17) is 0 Å². The van der Waals surface area contributed by atoms with Crippen LogP contribution in [0.25, 0.3) is 0 Å². The zero-order chi connectivity index (χ0) is 17.4. The number of rotatable bonds is 8. The van der Waals surface area contributed by atoms with Crippen molar-refractivity contribution in [1.29, 1.82) is 0 Å². The van der Waals surface area contributed by atoms with Gasteiger partial charge in [0.1, 0.15) is 0 Å². The third kappa shape index (κ3) is 5.17. The summed E-state index contributed by atoms with van der Waals surface area (Å²) in [5.74, 6) is -1.49. The predicted octanol–water partition coefficient (Wildman–Crippen LogP) is 2.34. The zero-order valence-electron chi connectivity index (χ0n) is 13.3. The van der Waals surface area contributed by atoms with Crippen LogP contribution in [0.2, 0.25) is 0 Å². The number of unbranched alkanes of at least 4 members (excludes halogenated alkanes) is 1. The van der Waals surface area contributed by atoms with Crippen LogP contribution in [0.5, 0.6) is 17.2 Å². The first-order chi connectivity index (χ1) is 11.6. The number of carbonyl (C=O) groups is 1. The molecule has 5 N–H and O–H groups in total. The molecule has 128 valence electrons. The standard InChI is InChI=1S/C18H22N2O4/c21-15-11-10-14(17(23)18(15)24)12-19-20-16(22)9-5-4-8-13-6-2-1-3-7-13/h1-3,6-7,10-11,19,21,23-24H,4-5,8-9,12H2,(H,20,22). The molecule has 1 amide bonds. The first-order valence-electron chi connectivity index (χ1n) is 7.86. The van der Waals surface area contributed by atoms with Gasteiger partial charge < -0.3 is 15.3 Å². The van der Waals surface area contributed by atoms with Gasteiger partial charge in [-0.1, -0.05) is 36.4 Å². The van der Waals surface area contributed by atoms with Gasteiger partial charge in [0.25, 0.3) is 0 Å². The summed E-state index contributed by atoms with van der Waals surface area (Å²) in [7, 11) is 0. The van der Waals surface area contributed by atoms with Crippen molar-refractivity contribution in [2.24, 2.45) is 0 Å². The van der Waals surface area contributed by atoms with Gasteiger partial charge in [0.15, 0.2) is 11.5 Å². The van der Waals surface area contributed by atoms with Crippen molar-refractivity contribution in [2.75, 3.05) is 0 Å². The summed E-state index contributed by atoms with van der Waals surface area (Å²) >= 11 is 0. The minimum Gasteiger partial charge on any atom is -0.504 e. The van der Waals surface area contributed by atoms with Gasteiger partial charge in [-0.25, -0.2) is 5.43 Å². The van der Waals surface area contributed by atoms with Crippen LogP contribution in [0, 0.1) is 0 Å².